The SMILES string of the molecule is FC(F)(F)C(F)(F)C(F)(F)C(F)(F)C(F)(F)C(F)(F)[Si](Cl)(Cl)C(F)(F)C(F)(F)C(F)(F)C(F)(F)C(F)(F)C(F)(F)F.FC(F)=C(F)c1c(F)c(F)c([Si](Cl)(Cl)c2c(F)c(F)c(F)c(F)c2F)c(F)c1F. The molecule has 0 atom stereocenters. The molecule has 0 spiro atoms. The molecule has 0 fully saturated rings. The number of halogens is 42. The Morgan fingerprint density at radius 2 is 0.486 bits per heavy atom. The standard InChI is InChI=1S/C14Cl2F12Si.C12Cl2F26Si/c15-29(16,13-10(25)6(21)5(20)7(22)11(13)26)12-8(23)2(17)1(3(18)9(12)24)4(19)14(27)28;13-41(14,11(37,38)7(27,28)3(19,20)1(15,16)5(23,24)9(31,32)33)12(39,40)8(29,30)4(21,22)2(17,18)6(25,26)10(34,35)36. The summed E-state index contributed by atoms with van der Waals surface area (Å²) in [6.07, 6.45) is -19.6. The van der Waals surface area contributed by atoms with Crippen LogP contribution in [0, 0.1) is 52.4 Å². The molecule has 0 aromatic heterocycles. The third-order valence-electron chi connectivity index (χ3n) is 8.14. The molecule has 0 saturated heterocycles. The van der Waals surface area contributed by atoms with Crippen molar-refractivity contribution < 1.29 is 167 Å². The maximum Gasteiger partial charge on any atom is 0.460 e. The van der Waals surface area contributed by atoms with Gasteiger partial charge in [-0.25, -0.2) is 61.5 Å². The van der Waals surface area contributed by atoms with Crippen LogP contribution < -0.4 is 10.4 Å². The Hall–Kier alpha value is -2.89. The van der Waals surface area contributed by atoms with Crippen molar-refractivity contribution in [2.24, 2.45) is 0 Å². The Kier molecular flexibility index (Phi) is 17.2. The minimum atomic E-state index is -9.92. The first-order valence-corrected chi connectivity index (χ1v) is 23.0. The van der Waals surface area contributed by atoms with E-state index in [9.17, 15) is 167 Å². The highest BCUT2D eigenvalue weighted by molar-refractivity contribution is 7.56. The van der Waals surface area contributed by atoms with Gasteiger partial charge < -0.3 is 0 Å². The fourth-order valence-electron chi connectivity index (χ4n) is 4.33. The quantitative estimate of drug-likeness (QED) is 0.0616. The maximum atomic E-state index is 14.2. The second kappa shape index (κ2) is 18.5. The summed E-state index contributed by atoms with van der Waals surface area (Å²) in [6, 6.07) is 0. The zero-order valence-electron chi connectivity index (χ0n) is 29.9. The summed E-state index contributed by atoms with van der Waals surface area (Å²) in [7, 11) is 0. The van der Waals surface area contributed by atoms with Gasteiger partial charge in [0.2, 0.25) is 11.6 Å². The van der Waals surface area contributed by atoms with Crippen LogP contribution in [0.1, 0.15) is 5.56 Å². The second-order valence-corrected chi connectivity index (χ2v) is 24.9. The third-order valence-corrected chi connectivity index (χ3v) is 17.6. The van der Waals surface area contributed by atoms with Crippen molar-refractivity contribution >= 4 is 73.9 Å². The lowest BCUT2D eigenvalue weighted by molar-refractivity contribution is -0.438. The van der Waals surface area contributed by atoms with E-state index in [-0.39, 0.29) is 0 Å². The van der Waals surface area contributed by atoms with Crippen molar-refractivity contribution in [3.05, 3.63) is 64.0 Å². The summed E-state index contributed by atoms with van der Waals surface area (Å²) >= 11 is 18.2. The van der Waals surface area contributed by atoms with E-state index in [0.29, 0.717) is 0 Å². The molecular weight excluding hydrogens is 1230 g/mol. The fourth-order valence-corrected chi connectivity index (χ4v) is 11.0. The van der Waals surface area contributed by atoms with Gasteiger partial charge in [-0.3, -0.25) is 0 Å². The molecule has 406 valence electrons. The van der Waals surface area contributed by atoms with Gasteiger partial charge in [-0.05, 0) is 0 Å². The van der Waals surface area contributed by atoms with Crippen molar-refractivity contribution in [2.45, 2.75) is 70.8 Å². The zero-order valence-corrected chi connectivity index (χ0v) is 34.9. The normalized spacial score (nSPS) is 15.0. The van der Waals surface area contributed by atoms with Gasteiger partial charge in [0, 0.05) is 0 Å². The largest absolute Gasteiger partial charge is 0.460 e. The predicted octanol–water partition coefficient (Wildman–Crippen LogP) is 15.0. The Balaban J connectivity index is 0.000000739. The Morgan fingerprint density at radius 1 is 0.286 bits per heavy atom. The van der Waals surface area contributed by atoms with Gasteiger partial charge in [0.25, 0.3) is 0 Å². The average Bonchev–Trinajstić information content (AvgIpc) is 3.16. The van der Waals surface area contributed by atoms with Crippen LogP contribution >= 0.6 is 44.3 Å². The Labute approximate surface area is 375 Å². The summed E-state index contributed by atoms with van der Waals surface area (Å²) in [5.74, 6) is -99.4. The molecular formula is C26Cl4F38Si2. The van der Waals surface area contributed by atoms with Gasteiger partial charge in [0.15, 0.2) is 46.5 Å². The summed E-state index contributed by atoms with van der Waals surface area (Å²) < 4.78 is 501. The van der Waals surface area contributed by atoms with E-state index in [2.05, 4.69) is 22.2 Å². The van der Waals surface area contributed by atoms with E-state index in [1.54, 1.807) is 0 Å². The molecule has 0 nitrogen and oxygen atoms in total. The zero-order chi connectivity index (χ0) is 57.1. The van der Waals surface area contributed by atoms with E-state index in [0.717, 1.165) is 0 Å². The highest BCUT2D eigenvalue weighted by Crippen LogP contribution is 2.68. The number of rotatable bonds is 13. The number of benzene rings is 2. The van der Waals surface area contributed by atoms with Crippen LogP contribution in [0.25, 0.3) is 5.83 Å². The van der Waals surface area contributed by atoms with E-state index in [1.165, 1.54) is 0 Å². The summed E-state index contributed by atoms with van der Waals surface area (Å²) in [4.78, 5) is 0. The first kappa shape index (κ1) is 65.1. The van der Waals surface area contributed by atoms with E-state index >= 15 is 0 Å². The van der Waals surface area contributed by atoms with Crippen molar-refractivity contribution in [1.29, 1.82) is 0 Å². The Morgan fingerprint density at radius 3 is 0.700 bits per heavy atom. The molecule has 0 amide bonds. The maximum absolute atomic E-state index is 14.2. The molecule has 0 N–H and O–H groups in total. The van der Waals surface area contributed by atoms with Crippen molar-refractivity contribution in [3.63, 3.8) is 0 Å². The molecule has 0 radical (unpaired) electrons. The van der Waals surface area contributed by atoms with Gasteiger partial charge in [-0.15, -0.1) is 44.3 Å². The highest BCUT2D eigenvalue weighted by atomic mass is 35.7. The van der Waals surface area contributed by atoms with Gasteiger partial charge in [0.1, 0.15) is 0 Å². The molecule has 0 heterocycles. The van der Waals surface area contributed by atoms with E-state index < -0.39 is 164 Å². The van der Waals surface area contributed by atoms with E-state index in [1.807, 2.05) is 0 Å². The number of hydrogen-bond acceptors (Lipinski definition) is 0. The van der Waals surface area contributed by atoms with Crippen molar-refractivity contribution in [2.75, 3.05) is 0 Å². The van der Waals surface area contributed by atoms with Crippen molar-refractivity contribution in [1.82, 2.24) is 0 Å². The van der Waals surface area contributed by atoms with Crippen LogP contribution in [-0.2, 0) is 0 Å². The highest BCUT2D eigenvalue weighted by Gasteiger charge is 2.99. The summed E-state index contributed by atoms with van der Waals surface area (Å²) in [6.45, 7) is -15.8. The minimum Gasteiger partial charge on any atom is -0.204 e. The van der Waals surface area contributed by atoms with Gasteiger partial charge in [-0.1, -0.05) is 0 Å². The Bertz CT molecular complexity index is 2220. The molecule has 0 aliphatic rings. The van der Waals surface area contributed by atoms with Crippen LogP contribution in [0.3, 0.4) is 0 Å². The molecule has 0 aliphatic carbocycles. The monoisotopic (exact) mass is 1230 g/mol. The third kappa shape index (κ3) is 8.93. The van der Waals surface area contributed by atoms with Crippen LogP contribution in [0.2, 0.25) is 0 Å². The lowest BCUT2D eigenvalue weighted by Gasteiger charge is -2.46. The van der Waals surface area contributed by atoms with Crippen LogP contribution in [0.15, 0.2) is 6.08 Å². The molecule has 0 bridgehead atoms. The first-order valence-electron chi connectivity index (χ1n) is 14.9. The second-order valence-electron chi connectivity index (χ2n) is 12.4. The topological polar surface area (TPSA) is 0 Å². The molecule has 2 aromatic rings. The molecule has 0 aliphatic heterocycles. The predicted molar refractivity (Wildman–Crippen MR) is 159 cm³/mol. The number of hydrogen-bond donors (Lipinski definition) is 0. The molecule has 0 saturated carbocycles. The molecule has 70 heavy (non-hydrogen) atoms. The summed E-state index contributed by atoms with van der Waals surface area (Å²) in [5, 5.41) is -4.45. The molecule has 44 heteroatoms. The molecule has 2 aromatic carbocycles. The number of alkyl halides is 26. The lowest BCUT2D eigenvalue weighted by atomic mass is 9.98. The summed E-state index contributed by atoms with van der Waals surface area (Å²) in [5.41, 5.74) is -20.1. The van der Waals surface area contributed by atoms with Crippen LogP contribution in [0.4, 0.5) is 167 Å². The minimum absolute atomic E-state index is 2.20. The molecule has 2 rings (SSSR count). The average molecular weight is 1230 g/mol. The lowest BCUT2D eigenvalue weighted by Crippen LogP contribution is -2.80. The van der Waals surface area contributed by atoms with Gasteiger partial charge in [0.05, 0.1) is 15.9 Å². The van der Waals surface area contributed by atoms with Gasteiger partial charge in [-0.2, -0.15) is 105 Å². The molecule has 0 unspecified atom stereocenters. The van der Waals surface area contributed by atoms with Crippen molar-refractivity contribution in [3.8, 4) is 0 Å². The van der Waals surface area contributed by atoms with Crippen LogP contribution in [0.5, 0.6) is 0 Å². The van der Waals surface area contributed by atoms with Gasteiger partial charge >= 0.3 is 90.3 Å². The van der Waals surface area contributed by atoms with E-state index in [4.69, 9.17) is 22.2 Å². The first-order chi connectivity index (χ1) is 30.2. The van der Waals surface area contributed by atoms with Crippen LogP contribution in [-0.4, -0.2) is 84.2 Å². The smallest absolute Gasteiger partial charge is 0.204 e. The fraction of sp³-hybridized carbons (Fsp3) is 0.462.